The standard InChI is InChI=1S/C19H25ClOSi/c1-13(2)15-11-17(16-9-7-8-10-18(16)20)14(3)19(12-15)21-22(4,5)6/h7-10,12,15H,1,11H2,2-6H3/t15-/m0/s1. The summed E-state index contributed by atoms with van der Waals surface area (Å²) in [5.41, 5.74) is 4.74. The van der Waals surface area contributed by atoms with Crippen molar-refractivity contribution in [2.24, 2.45) is 5.92 Å². The molecule has 1 atom stereocenters. The van der Waals surface area contributed by atoms with Crippen LogP contribution in [0.25, 0.3) is 5.57 Å². The molecule has 0 bridgehead atoms. The molecule has 0 amide bonds. The molecular weight excluding hydrogens is 308 g/mol. The highest BCUT2D eigenvalue weighted by atomic mass is 35.5. The van der Waals surface area contributed by atoms with E-state index >= 15 is 0 Å². The molecule has 0 radical (unpaired) electrons. The van der Waals surface area contributed by atoms with Gasteiger partial charge in [-0.15, -0.1) is 0 Å². The smallest absolute Gasteiger partial charge is 0.242 e. The molecule has 0 unspecified atom stereocenters. The first-order chi connectivity index (χ1) is 10.2. The van der Waals surface area contributed by atoms with Crippen LogP contribution in [0.1, 0.15) is 25.8 Å². The number of hydrogen-bond acceptors (Lipinski definition) is 1. The van der Waals surface area contributed by atoms with Crippen molar-refractivity contribution in [1.82, 2.24) is 0 Å². The fraction of sp³-hybridized carbons (Fsp3) is 0.368. The van der Waals surface area contributed by atoms with E-state index in [9.17, 15) is 0 Å². The van der Waals surface area contributed by atoms with Gasteiger partial charge in [-0.25, -0.2) is 0 Å². The third-order valence-electron chi connectivity index (χ3n) is 3.85. The molecule has 0 aromatic heterocycles. The van der Waals surface area contributed by atoms with Crippen LogP contribution in [0, 0.1) is 5.92 Å². The van der Waals surface area contributed by atoms with E-state index in [4.69, 9.17) is 16.0 Å². The van der Waals surface area contributed by atoms with Crippen molar-refractivity contribution in [1.29, 1.82) is 0 Å². The average molecular weight is 333 g/mol. The predicted molar refractivity (Wildman–Crippen MR) is 99.5 cm³/mol. The molecule has 118 valence electrons. The zero-order chi connectivity index (χ0) is 16.5. The van der Waals surface area contributed by atoms with Crippen molar-refractivity contribution >= 4 is 25.5 Å². The average Bonchev–Trinajstić information content (AvgIpc) is 2.40. The lowest BCUT2D eigenvalue weighted by atomic mass is 9.82. The molecule has 0 aliphatic heterocycles. The highest BCUT2D eigenvalue weighted by Crippen LogP contribution is 2.40. The third-order valence-corrected chi connectivity index (χ3v) is 5.01. The fourth-order valence-electron chi connectivity index (χ4n) is 2.66. The van der Waals surface area contributed by atoms with Crippen LogP contribution in [0.3, 0.4) is 0 Å². The van der Waals surface area contributed by atoms with E-state index in [0.29, 0.717) is 5.92 Å². The first-order valence-electron chi connectivity index (χ1n) is 7.70. The van der Waals surface area contributed by atoms with Gasteiger partial charge in [0.25, 0.3) is 0 Å². The topological polar surface area (TPSA) is 9.23 Å². The van der Waals surface area contributed by atoms with Gasteiger partial charge in [0.05, 0.1) is 0 Å². The Morgan fingerprint density at radius 2 is 1.91 bits per heavy atom. The van der Waals surface area contributed by atoms with Gasteiger partial charge < -0.3 is 4.43 Å². The van der Waals surface area contributed by atoms with Crippen molar-refractivity contribution < 1.29 is 4.43 Å². The predicted octanol–water partition coefficient (Wildman–Crippen LogP) is 6.44. The molecule has 22 heavy (non-hydrogen) atoms. The van der Waals surface area contributed by atoms with Gasteiger partial charge in [0.1, 0.15) is 5.76 Å². The Hall–Kier alpha value is -1.25. The van der Waals surface area contributed by atoms with Crippen LogP contribution in [0.15, 0.2) is 53.8 Å². The van der Waals surface area contributed by atoms with Gasteiger partial charge in [-0.05, 0) is 68.8 Å². The summed E-state index contributed by atoms with van der Waals surface area (Å²) in [6.07, 6.45) is 3.17. The Morgan fingerprint density at radius 3 is 2.45 bits per heavy atom. The second-order valence-electron chi connectivity index (χ2n) is 6.99. The zero-order valence-electron chi connectivity index (χ0n) is 14.2. The van der Waals surface area contributed by atoms with Crippen LogP contribution in [0.2, 0.25) is 24.7 Å². The Bertz CT molecular complexity index is 650. The van der Waals surface area contributed by atoms with Crippen LogP contribution >= 0.6 is 11.6 Å². The Morgan fingerprint density at radius 1 is 1.27 bits per heavy atom. The minimum absolute atomic E-state index is 0.307. The van der Waals surface area contributed by atoms with Crippen molar-refractivity contribution in [3.8, 4) is 0 Å². The SMILES string of the molecule is C=C(C)[C@@H]1C=C(O[Si](C)(C)C)C(C)=C(c2ccccc2Cl)C1. The molecule has 0 N–H and O–H groups in total. The monoisotopic (exact) mass is 332 g/mol. The molecule has 0 saturated carbocycles. The molecule has 1 aromatic rings. The van der Waals surface area contributed by atoms with Crippen LogP contribution in [-0.2, 0) is 4.43 Å². The number of hydrogen-bond donors (Lipinski definition) is 0. The second-order valence-corrected chi connectivity index (χ2v) is 11.8. The van der Waals surface area contributed by atoms with E-state index in [1.807, 2.05) is 18.2 Å². The lowest BCUT2D eigenvalue weighted by Crippen LogP contribution is -2.26. The molecule has 1 aliphatic carbocycles. The molecular formula is C19H25ClOSi. The molecule has 2 rings (SSSR count). The summed E-state index contributed by atoms with van der Waals surface area (Å²) in [5.74, 6) is 1.31. The van der Waals surface area contributed by atoms with E-state index in [1.165, 1.54) is 11.1 Å². The van der Waals surface area contributed by atoms with Crippen LogP contribution in [-0.4, -0.2) is 8.32 Å². The van der Waals surface area contributed by atoms with Crippen LogP contribution in [0.4, 0.5) is 0 Å². The molecule has 3 heteroatoms. The van der Waals surface area contributed by atoms with Gasteiger partial charge in [0.15, 0.2) is 0 Å². The minimum atomic E-state index is -1.66. The van der Waals surface area contributed by atoms with Crippen molar-refractivity contribution in [2.75, 3.05) is 0 Å². The number of allylic oxidation sites excluding steroid dienone is 4. The lowest BCUT2D eigenvalue weighted by molar-refractivity contribution is 0.423. The van der Waals surface area contributed by atoms with Crippen LogP contribution < -0.4 is 0 Å². The quantitative estimate of drug-likeness (QED) is 0.455. The van der Waals surface area contributed by atoms with Gasteiger partial charge in [-0.2, -0.15) is 0 Å². The first-order valence-corrected chi connectivity index (χ1v) is 11.5. The van der Waals surface area contributed by atoms with E-state index in [1.54, 1.807) is 0 Å². The maximum absolute atomic E-state index is 6.42. The molecule has 1 aliphatic rings. The largest absolute Gasteiger partial charge is 0.544 e. The van der Waals surface area contributed by atoms with E-state index < -0.39 is 8.32 Å². The zero-order valence-corrected chi connectivity index (χ0v) is 15.9. The summed E-state index contributed by atoms with van der Waals surface area (Å²) in [7, 11) is -1.66. The Balaban J connectivity index is 2.51. The molecule has 1 nitrogen and oxygen atoms in total. The summed E-state index contributed by atoms with van der Waals surface area (Å²) in [4.78, 5) is 0. The first kappa shape index (κ1) is 17.1. The maximum atomic E-state index is 6.42. The fourth-order valence-corrected chi connectivity index (χ4v) is 3.79. The van der Waals surface area contributed by atoms with Gasteiger partial charge in [0.2, 0.25) is 8.32 Å². The van der Waals surface area contributed by atoms with Crippen molar-refractivity contribution in [3.63, 3.8) is 0 Å². The van der Waals surface area contributed by atoms with Gasteiger partial charge in [-0.1, -0.05) is 42.0 Å². The lowest BCUT2D eigenvalue weighted by Gasteiger charge is -2.30. The summed E-state index contributed by atoms with van der Waals surface area (Å²) >= 11 is 6.42. The number of halogens is 1. The minimum Gasteiger partial charge on any atom is -0.544 e. The number of benzene rings is 1. The molecule has 0 fully saturated rings. The highest BCUT2D eigenvalue weighted by molar-refractivity contribution is 6.70. The normalized spacial score (nSPS) is 19.0. The van der Waals surface area contributed by atoms with E-state index in [-0.39, 0.29) is 0 Å². The third kappa shape index (κ3) is 3.93. The Kier molecular flexibility index (Phi) is 5.03. The number of rotatable bonds is 4. The summed E-state index contributed by atoms with van der Waals surface area (Å²) in [5, 5.41) is 0.798. The molecule has 0 heterocycles. The maximum Gasteiger partial charge on any atom is 0.242 e. The summed E-state index contributed by atoms with van der Waals surface area (Å²) in [6.45, 7) is 15.0. The van der Waals surface area contributed by atoms with E-state index in [0.717, 1.165) is 28.3 Å². The van der Waals surface area contributed by atoms with Gasteiger partial charge in [-0.3, -0.25) is 0 Å². The van der Waals surface area contributed by atoms with Gasteiger partial charge >= 0.3 is 0 Å². The molecule has 1 aromatic carbocycles. The van der Waals surface area contributed by atoms with Crippen LogP contribution in [0.5, 0.6) is 0 Å². The molecule has 0 saturated heterocycles. The second kappa shape index (κ2) is 6.47. The summed E-state index contributed by atoms with van der Waals surface area (Å²) in [6, 6.07) is 8.04. The Labute approximate surface area is 140 Å². The van der Waals surface area contributed by atoms with Gasteiger partial charge in [0, 0.05) is 10.9 Å². The summed E-state index contributed by atoms with van der Waals surface area (Å²) < 4.78 is 6.32. The molecule has 0 spiro atoms. The van der Waals surface area contributed by atoms with E-state index in [2.05, 4.69) is 52.2 Å². The van der Waals surface area contributed by atoms with Crippen molar-refractivity contribution in [3.05, 3.63) is 64.4 Å². The van der Waals surface area contributed by atoms with Crippen molar-refractivity contribution in [2.45, 2.75) is 39.9 Å². The highest BCUT2D eigenvalue weighted by Gasteiger charge is 2.26.